The third-order valence-electron chi connectivity index (χ3n) is 3.64. The molecule has 0 saturated carbocycles. The van der Waals surface area contributed by atoms with Gasteiger partial charge in [-0.15, -0.1) is 0 Å². The van der Waals surface area contributed by atoms with Gasteiger partial charge in [-0.25, -0.2) is 0 Å². The molecule has 0 spiro atoms. The van der Waals surface area contributed by atoms with Crippen molar-refractivity contribution >= 4 is 0 Å². The van der Waals surface area contributed by atoms with Crippen LogP contribution in [-0.2, 0) is 5.60 Å². The van der Waals surface area contributed by atoms with E-state index in [-0.39, 0.29) is 0 Å². The highest BCUT2D eigenvalue weighted by atomic mass is 16.5. The lowest BCUT2D eigenvalue weighted by molar-refractivity contribution is 0.0447. The Bertz CT molecular complexity index is 412. The van der Waals surface area contributed by atoms with Crippen molar-refractivity contribution in [3.63, 3.8) is 0 Å². The van der Waals surface area contributed by atoms with Gasteiger partial charge in [0.2, 0.25) is 0 Å². The third-order valence-corrected chi connectivity index (χ3v) is 3.64. The summed E-state index contributed by atoms with van der Waals surface area (Å²) in [6.07, 6.45) is 5.03. The summed E-state index contributed by atoms with van der Waals surface area (Å²) in [6, 6.07) is 5.77. The smallest absolute Gasteiger partial charge is 0.161 e. The second kappa shape index (κ2) is 6.29. The summed E-state index contributed by atoms with van der Waals surface area (Å²) < 4.78 is 11.3. The zero-order valence-corrected chi connectivity index (χ0v) is 11.9. The summed E-state index contributed by atoms with van der Waals surface area (Å²) in [4.78, 5) is 0. The molecule has 1 aromatic carbocycles. The van der Waals surface area contributed by atoms with Crippen molar-refractivity contribution < 1.29 is 14.6 Å². The Balaban J connectivity index is 2.13. The van der Waals surface area contributed by atoms with Crippen molar-refractivity contribution in [3.8, 4) is 11.5 Å². The van der Waals surface area contributed by atoms with Crippen molar-refractivity contribution in [2.75, 3.05) is 13.2 Å². The van der Waals surface area contributed by atoms with Gasteiger partial charge in [0, 0.05) is 6.42 Å². The zero-order chi connectivity index (χ0) is 13.7. The van der Waals surface area contributed by atoms with E-state index in [0.29, 0.717) is 13.2 Å². The monoisotopic (exact) mass is 264 g/mol. The van der Waals surface area contributed by atoms with Gasteiger partial charge < -0.3 is 14.6 Å². The normalized spacial score (nSPS) is 17.6. The van der Waals surface area contributed by atoms with Gasteiger partial charge in [0.15, 0.2) is 11.5 Å². The molecule has 106 valence electrons. The van der Waals surface area contributed by atoms with E-state index in [0.717, 1.165) is 49.2 Å². The average molecular weight is 264 g/mol. The van der Waals surface area contributed by atoms with Gasteiger partial charge >= 0.3 is 0 Å². The van der Waals surface area contributed by atoms with Crippen molar-refractivity contribution in [2.45, 2.75) is 51.6 Å². The van der Waals surface area contributed by atoms with Gasteiger partial charge in [-0.1, -0.05) is 32.3 Å². The van der Waals surface area contributed by atoms with Crippen LogP contribution in [0.1, 0.15) is 51.5 Å². The fraction of sp³-hybridized carbons (Fsp3) is 0.625. The zero-order valence-electron chi connectivity index (χ0n) is 11.9. The lowest BCUT2D eigenvalue weighted by Gasteiger charge is -2.24. The Morgan fingerprint density at radius 1 is 1.16 bits per heavy atom. The molecule has 0 aromatic heterocycles. The molecular formula is C16H24O3. The molecule has 0 saturated heterocycles. The van der Waals surface area contributed by atoms with Crippen LogP contribution in [0.4, 0.5) is 0 Å². The number of ether oxygens (including phenoxy) is 2. The molecule has 1 atom stereocenters. The molecule has 1 N–H and O–H groups in total. The van der Waals surface area contributed by atoms with Gasteiger partial charge in [-0.2, -0.15) is 0 Å². The molecule has 3 heteroatoms. The van der Waals surface area contributed by atoms with Crippen LogP contribution in [0.2, 0.25) is 0 Å². The van der Waals surface area contributed by atoms with Crippen molar-refractivity contribution in [1.82, 2.24) is 0 Å². The van der Waals surface area contributed by atoms with E-state index in [1.807, 2.05) is 25.1 Å². The van der Waals surface area contributed by atoms with Crippen LogP contribution in [0.15, 0.2) is 18.2 Å². The molecule has 0 amide bonds. The highest BCUT2D eigenvalue weighted by Gasteiger charge is 2.24. The summed E-state index contributed by atoms with van der Waals surface area (Å²) in [5.41, 5.74) is 0.118. The molecule has 0 fully saturated rings. The number of hydrogen-bond acceptors (Lipinski definition) is 3. The van der Waals surface area contributed by atoms with Gasteiger partial charge in [0.05, 0.1) is 18.8 Å². The number of rotatable bonds is 5. The molecule has 1 aliphatic rings. The Morgan fingerprint density at radius 3 is 2.63 bits per heavy atom. The number of unbranched alkanes of at least 4 members (excludes halogenated alkanes) is 2. The minimum Gasteiger partial charge on any atom is -0.490 e. The van der Waals surface area contributed by atoms with Crippen molar-refractivity contribution in [1.29, 1.82) is 0 Å². The second-order valence-corrected chi connectivity index (χ2v) is 5.44. The Morgan fingerprint density at radius 2 is 1.89 bits per heavy atom. The molecule has 19 heavy (non-hydrogen) atoms. The fourth-order valence-electron chi connectivity index (χ4n) is 2.36. The van der Waals surface area contributed by atoms with Crippen molar-refractivity contribution in [3.05, 3.63) is 23.8 Å². The first-order valence-corrected chi connectivity index (χ1v) is 7.26. The Kier molecular flexibility index (Phi) is 4.70. The molecule has 1 aromatic rings. The van der Waals surface area contributed by atoms with Gasteiger partial charge in [0.1, 0.15) is 0 Å². The maximum Gasteiger partial charge on any atom is 0.161 e. The van der Waals surface area contributed by atoms with E-state index in [1.165, 1.54) is 0 Å². The van der Waals surface area contributed by atoms with E-state index < -0.39 is 5.60 Å². The minimum absolute atomic E-state index is 0.675. The molecule has 0 radical (unpaired) electrons. The highest BCUT2D eigenvalue weighted by Crippen LogP contribution is 2.35. The van der Waals surface area contributed by atoms with Gasteiger partial charge in [-0.3, -0.25) is 0 Å². The lowest BCUT2D eigenvalue weighted by atomic mass is 9.90. The highest BCUT2D eigenvalue weighted by molar-refractivity contribution is 5.44. The van der Waals surface area contributed by atoms with Crippen LogP contribution in [0.25, 0.3) is 0 Å². The maximum absolute atomic E-state index is 10.6. The maximum atomic E-state index is 10.6. The Labute approximate surface area is 115 Å². The lowest BCUT2D eigenvalue weighted by Crippen LogP contribution is -2.21. The molecule has 1 aliphatic heterocycles. The van der Waals surface area contributed by atoms with Crippen LogP contribution in [-0.4, -0.2) is 18.3 Å². The summed E-state index contributed by atoms with van der Waals surface area (Å²) in [5, 5.41) is 10.6. The second-order valence-electron chi connectivity index (χ2n) is 5.44. The number of fused-ring (bicyclic) bond motifs is 1. The van der Waals surface area contributed by atoms with Gasteiger partial charge in [-0.05, 0) is 31.0 Å². The fourth-order valence-corrected chi connectivity index (χ4v) is 2.36. The van der Waals surface area contributed by atoms with E-state index in [4.69, 9.17) is 9.47 Å². The third kappa shape index (κ3) is 3.63. The van der Waals surface area contributed by atoms with Crippen molar-refractivity contribution in [2.24, 2.45) is 0 Å². The predicted octanol–water partition coefficient (Wildman–Crippen LogP) is 3.64. The SMILES string of the molecule is CCCCCC(C)(O)c1ccc2c(c1)OCCCO2. The molecular weight excluding hydrogens is 240 g/mol. The van der Waals surface area contributed by atoms with Crippen LogP contribution in [0.3, 0.4) is 0 Å². The topological polar surface area (TPSA) is 38.7 Å². The van der Waals surface area contributed by atoms with Crippen LogP contribution < -0.4 is 9.47 Å². The largest absolute Gasteiger partial charge is 0.490 e. The summed E-state index contributed by atoms with van der Waals surface area (Å²) in [5.74, 6) is 1.54. The number of hydrogen-bond donors (Lipinski definition) is 1. The quantitative estimate of drug-likeness (QED) is 0.825. The van der Waals surface area contributed by atoms with E-state index in [2.05, 4.69) is 6.92 Å². The molecule has 0 bridgehead atoms. The number of benzene rings is 1. The molecule has 1 heterocycles. The molecule has 2 rings (SSSR count). The first kappa shape index (κ1) is 14.2. The van der Waals surface area contributed by atoms with Crippen LogP contribution >= 0.6 is 0 Å². The van der Waals surface area contributed by atoms with E-state index in [1.54, 1.807) is 0 Å². The standard InChI is InChI=1S/C16H24O3/c1-3-4-5-9-16(2,17)13-7-8-14-15(12-13)19-11-6-10-18-14/h7-8,12,17H,3-6,9-11H2,1-2H3. The molecule has 3 nitrogen and oxygen atoms in total. The predicted molar refractivity (Wildman–Crippen MR) is 75.8 cm³/mol. The van der Waals surface area contributed by atoms with Gasteiger partial charge in [0.25, 0.3) is 0 Å². The Hall–Kier alpha value is -1.22. The van der Waals surface area contributed by atoms with Crippen LogP contribution in [0.5, 0.6) is 11.5 Å². The molecule has 0 aliphatic carbocycles. The number of aliphatic hydroxyl groups is 1. The first-order valence-electron chi connectivity index (χ1n) is 7.26. The summed E-state index contributed by atoms with van der Waals surface area (Å²) in [6.45, 7) is 5.41. The van der Waals surface area contributed by atoms with Crippen LogP contribution in [0, 0.1) is 0 Å². The first-order chi connectivity index (χ1) is 9.13. The average Bonchev–Trinajstić information content (AvgIpc) is 2.63. The van der Waals surface area contributed by atoms with E-state index >= 15 is 0 Å². The minimum atomic E-state index is -0.792. The van der Waals surface area contributed by atoms with E-state index in [9.17, 15) is 5.11 Å². The summed E-state index contributed by atoms with van der Waals surface area (Å²) >= 11 is 0. The summed E-state index contributed by atoms with van der Waals surface area (Å²) in [7, 11) is 0. The molecule has 1 unspecified atom stereocenters.